The zero-order chi connectivity index (χ0) is 25.4. The molecule has 37 heavy (non-hydrogen) atoms. The predicted octanol–water partition coefficient (Wildman–Crippen LogP) is 6.97. The Morgan fingerprint density at radius 3 is 2.43 bits per heavy atom. The molecule has 0 saturated carbocycles. The number of hydrogen-bond donors (Lipinski definition) is 2. The van der Waals surface area contributed by atoms with Crippen molar-refractivity contribution in [2.24, 2.45) is 0 Å². The number of hydrogen-bond acceptors (Lipinski definition) is 3. The quantitative estimate of drug-likeness (QED) is 0.260. The van der Waals surface area contributed by atoms with Crippen LogP contribution in [0.25, 0.3) is 16.8 Å². The Morgan fingerprint density at radius 2 is 1.68 bits per heavy atom. The molecule has 3 heterocycles. The fourth-order valence-electron chi connectivity index (χ4n) is 5.14. The van der Waals surface area contributed by atoms with Crippen molar-refractivity contribution in [1.82, 2.24) is 14.2 Å². The van der Waals surface area contributed by atoms with E-state index in [4.69, 9.17) is 16.7 Å². The van der Waals surface area contributed by atoms with Gasteiger partial charge in [0, 0.05) is 34.1 Å². The minimum absolute atomic E-state index is 0.189. The van der Waals surface area contributed by atoms with Crippen LogP contribution in [0.4, 0.5) is 11.4 Å². The third kappa shape index (κ3) is 4.49. The van der Waals surface area contributed by atoms with E-state index in [1.54, 1.807) is 12.1 Å². The summed E-state index contributed by atoms with van der Waals surface area (Å²) in [6, 6.07) is 25.7. The van der Waals surface area contributed by atoms with Gasteiger partial charge in [0.05, 0.1) is 6.54 Å². The van der Waals surface area contributed by atoms with E-state index in [1.165, 1.54) is 11.1 Å². The molecule has 1 aliphatic rings. The van der Waals surface area contributed by atoms with Crippen molar-refractivity contribution in [1.29, 1.82) is 0 Å². The summed E-state index contributed by atoms with van der Waals surface area (Å²) < 4.78 is 4.15. The first kappa shape index (κ1) is 23.4. The minimum atomic E-state index is -0.189. The summed E-state index contributed by atoms with van der Waals surface area (Å²) in [4.78, 5) is 13.8. The summed E-state index contributed by atoms with van der Waals surface area (Å²) in [7, 11) is 0. The van der Waals surface area contributed by atoms with Crippen molar-refractivity contribution in [2.45, 2.75) is 39.3 Å². The SMILES string of the molecule is Cc1ccc(NCc2nn3c(C(=O)Nc4ccc(Cl)cc4)c(-c4ccccc4)c4c3n2CCCC4)cc1. The normalized spacial score (nSPS) is 12.9. The number of nitrogens with zero attached hydrogens (tertiary/aromatic N) is 3. The molecular weight excluding hydrogens is 482 g/mol. The highest BCUT2D eigenvalue weighted by Crippen LogP contribution is 2.37. The molecule has 7 heteroatoms. The van der Waals surface area contributed by atoms with Crippen molar-refractivity contribution < 1.29 is 4.79 Å². The number of carbonyl (C=O) groups excluding carboxylic acids is 1. The molecule has 186 valence electrons. The average Bonchev–Trinajstić information content (AvgIpc) is 3.32. The van der Waals surface area contributed by atoms with Crippen molar-refractivity contribution in [2.75, 3.05) is 10.6 Å². The Morgan fingerprint density at radius 1 is 0.946 bits per heavy atom. The summed E-state index contributed by atoms with van der Waals surface area (Å²) >= 11 is 6.06. The molecule has 2 aromatic heterocycles. The smallest absolute Gasteiger partial charge is 0.275 e. The molecule has 0 saturated heterocycles. The van der Waals surface area contributed by atoms with Crippen LogP contribution in [0, 0.1) is 6.92 Å². The molecule has 0 spiro atoms. The highest BCUT2D eigenvalue weighted by molar-refractivity contribution is 6.30. The Hall–Kier alpha value is -4.03. The monoisotopic (exact) mass is 509 g/mol. The van der Waals surface area contributed by atoms with Gasteiger partial charge in [0.2, 0.25) is 0 Å². The standard InChI is InChI=1S/C30H28ClN5O/c1-20-10-14-23(15-11-20)32-19-26-34-36-28(29(37)33-24-16-12-22(31)13-17-24)27(21-7-3-2-4-8-21)25-9-5-6-18-35(26)30(25)36/h2-4,7-8,10-17,32H,5-6,9,18-19H2,1H3,(H,33,37). The molecule has 0 radical (unpaired) electrons. The van der Waals surface area contributed by atoms with E-state index in [0.29, 0.717) is 22.9 Å². The second-order valence-corrected chi connectivity index (χ2v) is 9.95. The molecule has 5 aromatic rings. The molecule has 1 amide bonds. The van der Waals surface area contributed by atoms with E-state index in [0.717, 1.165) is 54.1 Å². The van der Waals surface area contributed by atoms with Crippen LogP contribution in [0.15, 0.2) is 78.9 Å². The molecule has 6 rings (SSSR count). The van der Waals surface area contributed by atoms with E-state index < -0.39 is 0 Å². The molecule has 2 N–H and O–H groups in total. The van der Waals surface area contributed by atoms with Gasteiger partial charge in [-0.3, -0.25) is 4.79 Å². The third-order valence-electron chi connectivity index (χ3n) is 6.94. The largest absolute Gasteiger partial charge is 0.378 e. The van der Waals surface area contributed by atoms with Gasteiger partial charge in [0.1, 0.15) is 11.3 Å². The average molecular weight is 510 g/mol. The second kappa shape index (κ2) is 9.79. The van der Waals surface area contributed by atoms with Crippen LogP contribution in [0.1, 0.15) is 40.3 Å². The van der Waals surface area contributed by atoms with Gasteiger partial charge >= 0.3 is 0 Å². The molecule has 0 bridgehead atoms. The Bertz CT molecular complexity index is 1570. The summed E-state index contributed by atoms with van der Waals surface area (Å²) in [5.74, 6) is 0.726. The number of aromatic nitrogens is 3. The van der Waals surface area contributed by atoms with E-state index in [-0.39, 0.29) is 5.91 Å². The Balaban J connectivity index is 1.47. The molecule has 6 nitrogen and oxygen atoms in total. The maximum absolute atomic E-state index is 13.8. The first-order valence-electron chi connectivity index (χ1n) is 12.6. The molecular formula is C30H28ClN5O. The first-order chi connectivity index (χ1) is 18.1. The number of benzene rings is 3. The fourth-order valence-corrected chi connectivity index (χ4v) is 5.26. The van der Waals surface area contributed by atoms with Crippen LogP contribution in [0.5, 0.6) is 0 Å². The van der Waals surface area contributed by atoms with Crippen LogP contribution in [0.2, 0.25) is 5.02 Å². The molecule has 3 aromatic carbocycles. The lowest BCUT2D eigenvalue weighted by Gasteiger charge is -2.10. The third-order valence-corrected chi connectivity index (χ3v) is 7.20. The lowest BCUT2D eigenvalue weighted by atomic mass is 9.98. The number of aryl methyl sites for hydroxylation is 3. The second-order valence-electron chi connectivity index (χ2n) is 9.51. The van der Waals surface area contributed by atoms with Gasteiger partial charge in [-0.05, 0) is 68.1 Å². The molecule has 0 unspecified atom stereocenters. The number of rotatable bonds is 6. The maximum Gasteiger partial charge on any atom is 0.275 e. The summed E-state index contributed by atoms with van der Waals surface area (Å²) in [5.41, 5.74) is 7.70. The lowest BCUT2D eigenvalue weighted by molar-refractivity contribution is 0.102. The maximum atomic E-state index is 13.8. The number of carbonyl (C=O) groups is 1. The molecule has 0 aliphatic carbocycles. The van der Waals surface area contributed by atoms with Crippen molar-refractivity contribution in [3.05, 3.63) is 107 Å². The van der Waals surface area contributed by atoms with Crippen LogP contribution < -0.4 is 10.6 Å². The zero-order valence-corrected chi connectivity index (χ0v) is 21.4. The Kier molecular flexibility index (Phi) is 6.18. The van der Waals surface area contributed by atoms with E-state index >= 15 is 0 Å². The fraction of sp³-hybridized carbons (Fsp3) is 0.200. The van der Waals surface area contributed by atoms with Crippen LogP contribution >= 0.6 is 11.6 Å². The Labute approximate surface area is 220 Å². The van der Waals surface area contributed by atoms with E-state index in [1.807, 2.05) is 34.8 Å². The zero-order valence-electron chi connectivity index (χ0n) is 20.7. The first-order valence-corrected chi connectivity index (χ1v) is 13.0. The van der Waals surface area contributed by atoms with Crippen LogP contribution in [-0.2, 0) is 19.5 Å². The van der Waals surface area contributed by atoms with Crippen molar-refractivity contribution in [3.8, 4) is 11.1 Å². The summed E-state index contributed by atoms with van der Waals surface area (Å²) in [6.45, 7) is 3.53. The van der Waals surface area contributed by atoms with Gasteiger partial charge < -0.3 is 15.2 Å². The number of anilines is 2. The van der Waals surface area contributed by atoms with E-state index in [2.05, 4.69) is 58.5 Å². The number of nitrogens with one attached hydrogen (secondary N) is 2. The van der Waals surface area contributed by atoms with Gasteiger partial charge in [0.25, 0.3) is 5.91 Å². The molecule has 1 aliphatic heterocycles. The topological polar surface area (TPSA) is 63.4 Å². The predicted molar refractivity (Wildman–Crippen MR) is 149 cm³/mol. The van der Waals surface area contributed by atoms with Gasteiger partial charge in [-0.15, -0.1) is 0 Å². The minimum Gasteiger partial charge on any atom is -0.378 e. The van der Waals surface area contributed by atoms with E-state index in [9.17, 15) is 4.79 Å². The number of halogens is 1. The number of amides is 1. The van der Waals surface area contributed by atoms with Gasteiger partial charge in [-0.1, -0.05) is 59.6 Å². The van der Waals surface area contributed by atoms with Crippen LogP contribution in [0.3, 0.4) is 0 Å². The molecule has 0 fully saturated rings. The molecule has 0 atom stereocenters. The van der Waals surface area contributed by atoms with Crippen LogP contribution in [-0.4, -0.2) is 20.1 Å². The van der Waals surface area contributed by atoms with Gasteiger partial charge in [0.15, 0.2) is 5.82 Å². The highest BCUT2D eigenvalue weighted by Gasteiger charge is 2.30. The van der Waals surface area contributed by atoms with Crippen molar-refractivity contribution >= 4 is 34.5 Å². The summed E-state index contributed by atoms with van der Waals surface area (Å²) in [5, 5.41) is 12.2. The van der Waals surface area contributed by atoms with Crippen molar-refractivity contribution in [3.63, 3.8) is 0 Å². The van der Waals surface area contributed by atoms with Gasteiger partial charge in [-0.2, -0.15) is 5.10 Å². The highest BCUT2D eigenvalue weighted by atomic mass is 35.5. The summed E-state index contributed by atoms with van der Waals surface area (Å²) in [6.07, 6.45) is 3.03. The lowest BCUT2D eigenvalue weighted by Crippen LogP contribution is -2.16. The van der Waals surface area contributed by atoms with Gasteiger partial charge in [-0.25, -0.2) is 4.52 Å².